The van der Waals surface area contributed by atoms with Crippen LogP contribution >= 0.6 is 11.3 Å². The second-order valence-electron chi connectivity index (χ2n) is 5.68. The topological polar surface area (TPSA) is 101 Å². The van der Waals surface area contributed by atoms with Crippen molar-refractivity contribution in [1.29, 1.82) is 0 Å². The molecule has 9 heteroatoms. The number of rotatable bonds is 4. The smallest absolute Gasteiger partial charge is 0.345 e. The molecule has 0 spiro atoms. The molecule has 0 saturated carbocycles. The number of hydrogen-bond acceptors (Lipinski definition) is 7. The molecule has 1 aliphatic rings. The number of anilines is 2. The van der Waals surface area contributed by atoms with Gasteiger partial charge in [-0.2, -0.15) is 0 Å². The summed E-state index contributed by atoms with van der Waals surface area (Å²) in [5, 5.41) is 14.2. The van der Waals surface area contributed by atoms with E-state index < -0.39 is 4.92 Å². The SMILES string of the molecule is Cc1cccc(NC(=O)C2CCCN(c3ncc([N+](=O)[O-])s3)C2)n1. The molecule has 1 N–H and O–H groups in total. The lowest BCUT2D eigenvalue weighted by Crippen LogP contribution is -2.40. The van der Waals surface area contributed by atoms with Crippen LogP contribution in [0.2, 0.25) is 0 Å². The van der Waals surface area contributed by atoms with E-state index in [2.05, 4.69) is 15.3 Å². The summed E-state index contributed by atoms with van der Waals surface area (Å²) >= 11 is 1.04. The van der Waals surface area contributed by atoms with Gasteiger partial charge in [-0.05, 0) is 43.2 Å². The van der Waals surface area contributed by atoms with E-state index in [0.717, 1.165) is 36.4 Å². The molecule has 1 atom stereocenters. The average Bonchev–Trinajstić information content (AvgIpc) is 3.05. The first kappa shape index (κ1) is 16.3. The van der Waals surface area contributed by atoms with Gasteiger partial charge in [-0.3, -0.25) is 14.9 Å². The highest BCUT2D eigenvalue weighted by Crippen LogP contribution is 2.31. The molecular formula is C15H17N5O3S. The fourth-order valence-electron chi connectivity index (χ4n) is 2.69. The molecular weight excluding hydrogens is 330 g/mol. The van der Waals surface area contributed by atoms with Crippen molar-refractivity contribution >= 4 is 33.2 Å². The minimum atomic E-state index is -0.446. The number of hydrogen-bond donors (Lipinski definition) is 1. The predicted octanol–water partition coefficient (Wildman–Crippen LogP) is 2.61. The Labute approximate surface area is 142 Å². The monoisotopic (exact) mass is 347 g/mol. The Hall–Kier alpha value is -2.55. The van der Waals surface area contributed by atoms with Crippen LogP contribution in [0.5, 0.6) is 0 Å². The third-order valence-corrected chi connectivity index (χ3v) is 4.87. The minimum Gasteiger partial charge on any atom is -0.347 e. The Morgan fingerprint density at radius 2 is 2.33 bits per heavy atom. The molecule has 3 heterocycles. The third-order valence-electron chi connectivity index (χ3n) is 3.86. The molecule has 24 heavy (non-hydrogen) atoms. The van der Waals surface area contributed by atoms with Gasteiger partial charge in [0, 0.05) is 18.8 Å². The zero-order valence-corrected chi connectivity index (χ0v) is 14.0. The van der Waals surface area contributed by atoms with Gasteiger partial charge < -0.3 is 10.2 Å². The Morgan fingerprint density at radius 1 is 1.50 bits per heavy atom. The summed E-state index contributed by atoms with van der Waals surface area (Å²) < 4.78 is 0. The van der Waals surface area contributed by atoms with Crippen LogP contribution in [0, 0.1) is 23.0 Å². The zero-order chi connectivity index (χ0) is 17.1. The van der Waals surface area contributed by atoms with Crippen molar-refractivity contribution in [2.24, 2.45) is 5.92 Å². The van der Waals surface area contributed by atoms with Crippen LogP contribution in [0.15, 0.2) is 24.4 Å². The summed E-state index contributed by atoms with van der Waals surface area (Å²) in [5.41, 5.74) is 0.841. The van der Waals surface area contributed by atoms with E-state index in [1.54, 1.807) is 6.07 Å². The molecule has 1 aliphatic heterocycles. The van der Waals surface area contributed by atoms with E-state index in [0.29, 0.717) is 17.5 Å². The fraction of sp³-hybridized carbons (Fsp3) is 0.400. The first-order valence-corrected chi connectivity index (χ1v) is 8.44. The van der Waals surface area contributed by atoms with Crippen molar-refractivity contribution in [3.8, 4) is 0 Å². The van der Waals surface area contributed by atoms with Crippen LogP contribution in [-0.2, 0) is 4.79 Å². The number of carbonyl (C=O) groups is 1. The van der Waals surface area contributed by atoms with Gasteiger partial charge >= 0.3 is 5.00 Å². The van der Waals surface area contributed by atoms with E-state index in [-0.39, 0.29) is 16.8 Å². The summed E-state index contributed by atoms with van der Waals surface area (Å²) in [7, 11) is 0. The summed E-state index contributed by atoms with van der Waals surface area (Å²) in [6, 6.07) is 5.48. The van der Waals surface area contributed by atoms with Crippen LogP contribution in [-0.4, -0.2) is 33.9 Å². The highest BCUT2D eigenvalue weighted by atomic mass is 32.1. The number of aromatic nitrogens is 2. The molecule has 0 bridgehead atoms. The quantitative estimate of drug-likeness (QED) is 0.674. The molecule has 2 aromatic rings. The Kier molecular flexibility index (Phi) is 4.70. The van der Waals surface area contributed by atoms with Crippen LogP contribution in [0.1, 0.15) is 18.5 Å². The highest BCUT2D eigenvalue weighted by molar-refractivity contribution is 7.18. The van der Waals surface area contributed by atoms with Gasteiger partial charge in [0.2, 0.25) is 5.91 Å². The van der Waals surface area contributed by atoms with E-state index in [9.17, 15) is 14.9 Å². The molecule has 3 rings (SSSR count). The largest absolute Gasteiger partial charge is 0.347 e. The van der Waals surface area contributed by atoms with Gasteiger partial charge in [-0.25, -0.2) is 9.97 Å². The molecule has 8 nitrogen and oxygen atoms in total. The maximum atomic E-state index is 12.5. The van der Waals surface area contributed by atoms with Gasteiger partial charge in [-0.15, -0.1) is 0 Å². The maximum absolute atomic E-state index is 12.5. The summed E-state index contributed by atoms with van der Waals surface area (Å²) in [6.07, 6.45) is 2.88. The second-order valence-corrected chi connectivity index (χ2v) is 6.66. The number of thiazole rings is 1. The summed E-state index contributed by atoms with van der Waals surface area (Å²) in [6.45, 7) is 3.12. The molecule has 1 unspecified atom stereocenters. The minimum absolute atomic E-state index is 0.0144. The first-order chi connectivity index (χ1) is 11.5. The van der Waals surface area contributed by atoms with E-state index >= 15 is 0 Å². The van der Waals surface area contributed by atoms with Crippen LogP contribution in [0.4, 0.5) is 16.0 Å². The first-order valence-electron chi connectivity index (χ1n) is 7.62. The van der Waals surface area contributed by atoms with E-state index in [1.807, 2.05) is 24.0 Å². The van der Waals surface area contributed by atoms with Crippen molar-refractivity contribution in [3.63, 3.8) is 0 Å². The molecule has 0 aliphatic carbocycles. The molecule has 0 aromatic carbocycles. The van der Waals surface area contributed by atoms with Crippen molar-refractivity contribution in [3.05, 3.63) is 40.2 Å². The van der Waals surface area contributed by atoms with Crippen molar-refractivity contribution in [2.75, 3.05) is 23.3 Å². The second kappa shape index (κ2) is 6.91. The molecule has 126 valence electrons. The molecule has 1 fully saturated rings. The standard InChI is InChI=1S/C15H17N5O3S/c1-10-4-2-6-12(17-10)18-14(21)11-5-3-7-19(9-11)15-16-8-13(24-15)20(22)23/h2,4,6,8,11H,3,5,7,9H2,1H3,(H,17,18,21). The number of nitrogens with zero attached hydrogens (tertiary/aromatic N) is 4. The lowest BCUT2D eigenvalue weighted by Gasteiger charge is -2.31. The van der Waals surface area contributed by atoms with E-state index in [1.165, 1.54) is 6.20 Å². The number of nitrogens with one attached hydrogen (secondary N) is 1. The number of nitro groups is 1. The maximum Gasteiger partial charge on any atom is 0.345 e. The van der Waals surface area contributed by atoms with Crippen LogP contribution in [0.25, 0.3) is 0 Å². The van der Waals surface area contributed by atoms with Crippen molar-refractivity contribution in [2.45, 2.75) is 19.8 Å². The third kappa shape index (κ3) is 3.67. The number of amides is 1. The van der Waals surface area contributed by atoms with Gasteiger partial charge in [0.25, 0.3) is 0 Å². The Balaban J connectivity index is 1.66. The summed E-state index contributed by atoms with van der Waals surface area (Å²) in [5.74, 6) is 0.273. The van der Waals surface area contributed by atoms with Crippen LogP contribution in [0.3, 0.4) is 0 Å². The molecule has 1 saturated heterocycles. The van der Waals surface area contributed by atoms with Gasteiger partial charge in [0.15, 0.2) is 5.13 Å². The zero-order valence-electron chi connectivity index (χ0n) is 13.1. The highest BCUT2D eigenvalue weighted by Gasteiger charge is 2.28. The number of carbonyl (C=O) groups excluding carboxylic acids is 1. The van der Waals surface area contributed by atoms with Crippen LogP contribution < -0.4 is 10.2 Å². The predicted molar refractivity (Wildman–Crippen MR) is 91.3 cm³/mol. The number of piperidine rings is 1. The van der Waals surface area contributed by atoms with Crippen molar-refractivity contribution < 1.29 is 9.72 Å². The Morgan fingerprint density at radius 3 is 3.04 bits per heavy atom. The van der Waals surface area contributed by atoms with E-state index in [4.69, 9.17) is 0 Å². The van der Waals surface area contributed by atoms with Crippen molar-refractivity contribution in [1.82, 2.24) is 9.97 Å². The van der Waals surface area contributed by atoms with Gasteiger partial charge in [-0.1, -0.05) is 6.07 Å². The Bertz CT molecular complexity index is 763. The number of aryl methyl sites for hydroxylation is 1. The summed E-state index contributed by atoms with van der Waals surface area (Å²) in [4.78, 5) is 33.1. The normalized spacial score (nSPS) is 17.5. The number of pyridine rings is 1. The molecule has 2 aromatic heterocycles. The lowest BCUT2D eigenvalue weighted by atomic mass is 9.97. The fourth-order valence-corrected chi connectivity index (χ4v) is 3.46. The van der Waals surface area contributed by atoms with Gasteiger partial charge in [0.05, 0.1) is 10.8 Å². The molecule has 0 radical (unpaired) electrons. The molecule has 1 amide bonds. The average molecular weight is 347 g/mol. The van der Waals surface area contributed by atoms with Gasteiger partial charge in [0.1, 0.15) is 12.0 Å². The lowest BCUT2D eigenvalue weighted by molar-refractivity contribution is -0.380.